The summed E-state index contributed by atoms with van der Waals surface area (Å²) in [5.41, 5.74) is 0. The Bertz CT molecular complexity index is 379. The van der Waals surface area contributed by atoms with E-state index in [-0.39, 0.29) is 10.7 Å². The first-order chi connectivity index (χ1) is 9.66. The molecule has 0 aromatic carbocycles. The van der Waals surface area contributed by atoms with E-state index in [0.29, 0.717) is 11.2 Å². The summed E-state index contributed by atoms with van der Waals surface area (Å²) in [7, 11) is 0. The van der Waals surface area contributed by atoms with Crippen molar-refractivity contribution in [3.8, 4) is 0 Å². The number of aromatic nitrogens is 1. The minimum absolute atomic E-state index is 0.188. The van der Waals surface area contributed by atoms with Crippen LogP contribution in [-0.2, 0) is 0 Å². The number of hydrogen-bond acceptors (Lipinski definition) is 4. The van der Waals surface area contributed by atoms with Crippen molar-refractivity contribution >= 4 is 23.5 Å². The molecular weight excluding hydrogens is 286 g/mol. The fourth-order valence-electron chi connectivity index (χ4n) is 2.68. The van der Waals surface area contributed by atoms with Crippen molar-refractivity contribution in [1.29, 1.82) is 0 Å². The highest BCUT2D eigenvalue weighted by atomic mass is 32.2. The third-order valence-corrected chi connectivity index (χ3v) is 6.40. The lowest BCUT2D eigenvalue weighted by Crippen LogP contribution is -2.31. The van der Waals surface area contributed by atoms with E-state index in [9.17, 15) is 5.11 Å². The van der Waals surface area contributed by atoms with Crippen LogP contribution in [0, 0.1) is 5.92 Å². The molecule has 2 nitrogen and oxygen atoms in total. The van der Waals surface area contributed by atoms with E-state index in [1.54, 1.807) is 11.8 Å². The van der Waals surface area contributed by atoms with Gasteiger partial charge in [0.15, 0.2) is 0 Å². The average molecular weight is 312 g/mol. The van der Waals surface area contributed by atoms with Gasteiger partial charge in [-0.15, -0.1) is 11.8 Å². The smallest absolute Gasteiger partial charge is 0.0971 e. The highest BCUT2D eigenvalue weighted by Crippen LogP contribution is 2.39. The molecule has 2 atom stereocenters. The zero-order valence-electron chi connectivity index (χ0n) is 12.4. The van der Waals surface area contributed by atoms with Crippen LogP contribution in [0.15, 0.2) is 29.4 Å². The first kappa shape index (κ1) is 16.2. The Morgan fingerprint density at radius 2 is 1.95 bits per heavy atom. The Morgan fingerprint density at radius 3 is 2.55 bits per heavy atom. The Labute approximate surface area is 131 Å². The van der Waals surface area contributed by atoms with E-state index in [0.717, 1.165) is 5.03 Å². The fourth-order valence-corrected chi connectivity index (χ4v) is 5.66. The molecule has 0 amide bonds. The van der Waals surface area contributed by atoms with Gasteiger partial charge in [-0.1, -0.05) is 50.9 Å². The van der Waals surface area contributed by atoms with Gasteiger partial charge in [0.25, 0.3) is 0 Å². The Balaban J connectivity index is 2.01. The first-order valence-corrected chi connectivity index (χ1v) is 9.40. The maximum absolute atomic E-state index is 10.8. The molecule has 1 saturated carbocycles. The summed E-state index contributed by atoms with van der Waals surface area (Å²) in [6, 6.07) is 5.98. The van der Waals surface area contributed by atoms with E-state index in [1.165, 1.54) is 32.1 Å². The maximum Gasteiger partial charge on any atom is 0.0971 e. The number of nitrogens with zero attached hydrogens (tertiary/aromatic N) is 1. The monoisotopic (exact) mass is 311 g/mol. The second kappa shape index (κ2) is 8.30. The Kier molecular flexibility index (Phi) is 6.72. The molecule has 20 heavy (non-hydrogen) atoms. The molecule has 112 valence electrons. The zero-order chi connectivity index (χ0) is 14.4. The van der Waals surface area contributed by atoms with E-state index < -0.39 is 0 Å². The summed E-state index contributed by atoms with van der Waals surface area (Å²) < 4.78 is 0.188. The van der Waals surface area contributed by atoms with Crippen molar-refractivity contribution in [2.24, 2.45) is 5.92 Å². The third-order valence-electron chi connectivity index (χ3n) is 3.69. The molecule has 1 aromatic heterocycles. The molecule has 0 unspecified atom stereocenters. The quantitative estimate of drug-likeness (QED) is 0.615. The number of hydrogen-bond donors (Lipinski definition) is 1. The van der Waals surface area contributed by atoms with Crippen molar-refractivity contribution < 1.29 is 5.11 Å². The van der Waals surface area contributed by atoms with E-state index >= 15 is 0 Å². The van der Waals surface area contributed by atoms with Crippen LogP contribution in [0.4, 0.5) is 0 Å². The molecule has 0 saturated heterocycles. The molecule has 0 spiro atoms. The highest BCUT2D eigenvalue weighted by molar-refractivity contribution is 8.17. The predicted molar refractivity (Wildman–Crippen MR) is 89.2 cm³/mol. The molecule has 1 aliphatic rings. The van der Waals surface area contributed by atoms with Gasteiger partial charge < -0.3 is 5.11 Å². The van der Waals surface area contributed by atoms with Gasteiger partial charge in [0.1, 0.15) is 0 Å². The van der Waals surface area contributed by atoms with Gasteiger partial charge in [-0.3, -0.25) is 0 Å². The van der Waals surface area contributed by atoms with Crippen LogP contribution in [0.25, 0.3) is 0 Å². The van der Waals surface area contributed by atoms with Crippen molar-refractivity contribution in [3.05, 3.63) is 24.4 Å². The molecule has 1 fully saturated rings. The summed E-state index contributed by atoms with van der Waals surface area (Å²) in [5.74, 6) is 0.469. The second-order valence-corrected chi connectivity index (χ2v) is 8.91. The minimum atomic E-state index is -0.227. The Morgan fingerprint density at radius 1 is 1.20 bits per heavy atom. The molecule has 0 aliphatic heterocycles. The van der Waals surface area contributed by atoms with Gasteiger partial charge in [0, 0.05) is 11.4 Å². The molecule has 0 bridgehead atoms. The summed E-state index contributed by atoms with van der Waals surface area (Å²) >= 11 is 3.59. The highest BCUT2D eigenvalue weighted by Gasteiger charge is 2.30. The normalized spacial score (nSPS) is 20.0. The van der Waals surface area contributed by atoms with Crippen LogP contribution in [0.1, 0.15) is 46.0 Å². The number of pyridine rings is 1. The molecule has 0 radical (unpaired) electrons. The van der Waals surface area contributed by atoms with Crippen LogP contribution in [0.5, 0.6) is 0 Å². The largest absolute Gasteiger partial charge is 0.391 e. The first-order valence-electron chi connectivity index (χ1n) is 7.58. The topological polar surface area (TPSA) is 33.1 Å². The van der Waals surface area contributed by atoms with Crippen LogP contribution in [0.3, 0.4) is 0 Å². The van der Waals surface area contributed by atoms with Crippen LogP contribution >= 0.6 is 23.5 Å². The molecule has 1 N–H and O–H groups in total. The van der Waals surface area contributed by atoms with E-state index in [1.807, 2.05) is 36.2 Å². The standard InChI is InChI=1S/C16H25NOS2/c1-12(2)19-16(20-14-10-6-7-11-17-14)15(18)13-8-4-3-5-9-13/h6-7,10-13,15-16,18H,3-5,8-9H2,1-2H3/t15-,16+/m1/s1. The van der Waals surface area contributed by atoms with Crippen molar-refractivity contribution in [2.45, 2.75) is 66.9 Å². The van der Waals surface area contributed by atoms with Crippen molar-refractivity contribution in [2.75, 3.05) is 0 Å². The minimum Gasteiger partial charge on any atom is -0.391 e. The Hall–Kier alpha value is -0.190. The van der Waals surface area contributed by atoms with Gasteiger partial charge in [-0.25, -0.2) is 4.98 Å². The summed E-state index contributed by atoms with van der Waals surface area (Å²) in [4.78, 5) is 4.39. The lowest BCUT2D eigenvalue weighted by atomic mass is 9.86. The van der Waals surface area contributed by atoms with Crippen molar-refractivity contribution in [3.63, 3.8) is 0 Å². The van der Waals surface area contributed by atoms with Gasteiger partial charge in [0.05, 0.1) is 15.7 Å². The summed E-state index contributed by atoms with van der Waals surface area (Å²) in [5, 5.41) is 12.3. The lowest BCUT2D eigenvalue weighted by Gasteiger charge is -2.32. The SMILES string of the molecule is CC(C)S[C@@H](Sc1ccccn1)[C@H](O)C1CCCCC1. The third kappa shape index (κ3) is 4.97. The second-order valence-electron chi connectivity index (χ2n) is 5.73. The van der Waals surface area contributed by atoms with Crippen LogP contribution in [0.2, 0.25) is 0 Å². The van der Waals surface area contributed by atoms with E-state index in [4.69, 9.17) is 0 Å². The van der Waals surface area contributed by atoms with Gasteiger partial charge >= 0.3 is 0 Å². The molecule has 4 heteroatoms. The van der Waals surface area contributed by atoms with Crippen LogP contribution in [-0.4, -0.2) is 26.0 Å². The van der Waals surface area contributed by atoms with Gasteiger partial charge in [-0.2, -0.15) is 0 Å². The fraction of sp³-hybridized carbons (Fsp3) is 0.688. The molecule has 1 aliphatic carbocycles. The number of thioether (sulfide) groups is 2. The molecular formula is C16H25NOS2. The van der Waals surface area contributed by atoms with Crippen molar-refractivity contribution in [1.82, 2.24) is 4.98 Å². The summed E-state index contributed by atoms with van der Waals surface area (Å²) in [6.45, 7) is 4.40. The molecule has 1 aromatic rings. The van der Waals surface area contributed by atoms with E-state index in [2.05, 4.69) is 18.8 Å². The molecule has 2 rings (SSSR count). The number of aliphatic hydroxyl groups excluding tert-OH is 1. The number of aliphatic hydroxyl groups is 1. The predicted octanol–water partition coefficient (Wildman–Crippen LogP) is 4.58. The number of rotatable bonds is 6. The van der Waals surface area contributed by atoms with Gasteiger partial charge in [0.2, 0.25) is 0 Å². The van der Waals surface area contributed by atoms with Gasteiger partial charge in [-0.05, 0) is 30.9 Å². The molecule has 1 heterocycles. The van der Waals surface area contributed by atoms with Crippen LogP contribution < -0.4 is 0 Å². The lowest BCUT2D eigenvalue weighted by molar-refractivity contribution is 0.0987. The summed E-state index contributed by atoms with van der Waals surface area (Å²) in [6.07, 6.45) is 7.84. The average Bonchev–Trinajstić information content (AvgIpc) is 2.47. The maximum atomic E-state index is 10.8. The zero-order valence-corrected chi connectivity index (χ0v) is 14.0.